The number of hydrogen-bond acceptors (Lipinski definition) is 3. The number of H-pyrrole nitrogens is 1. The van der Waals surface area contributed by atoms with Gasteiger partial charge in [0.05, 0.1) is 6.20 Å². The highest BCUT2D eigenvalue weighted by molar-refractivity contribution is 5.85. The van der Waals surface area contributed by atoms with Crippen molar-refractivity contribution in [3.05, 3.63) is 17.7 Å². The largest absolute Gasteiger partial charge is 0.477 e. The number of aromatic nitrogens is 2. The number of imidazole rings is 1. The Balaban J connectivity index is 2.14. The van der Waals surface area contributed by atoms with E-state index in [1.165, 1.54) is 25.5 Å². The third kappa shape index (κ3) is 2.90. The normalized spacial score (nSPS) is 18.7. The summed E-state index contributed by atoms with van der Waals surface area (Å²) in [6.45, 7) is 2.57. The highest BCUT2D eigenvalue weighted by Crippen LogP contribution is 2.35. The van der Waals surface area contributed by atoms with Crippen molar-refractivity contribution < 1.29 is 14.6 Å². The van der Waals surface area contributed by atoms with E-state index in [4.69, 9.17) is 9.84 Å². The minimum atomic E-state index is -0.979. The average molecular weight is 252 g/mol. The van der Waals surface area contributed by atoms with E-state index >= 15 is 0 Å². The van der Waals surface area contributed by atoms with Crippen LogP contribution in [0.15, 0.2) is 6.20 Å². The van der Waals surface area contributed by atoms with Crippen molar-refractivity contribution >= 4 is 5.97 Å². The third-order valence-electron chi connectivity index (χ3n) is 3.52. The van der Waals surface area contributed by atoms with E-state index in [0.29, 0.717) is 18.3 Å². The molecule has 5 nitrogen and oxygen atoms in total. The maximum atomic E-state index is 10.9. The van der Waals surface area contributed by atoms with Crippen LogP contribution in [0.3, 0.4) is 0 Å². The summed E-state index contributed by atoms with van der Waals surface area (Å²) in [6.07, 6.45) is 7.27. The van der Waals surface area contributed by atoms with Gasteiger partial charge in [-0.15, -0.1) is 0 Å². The van der Waals surface area contributed by atoms with Crippen LogP contribution in [0, 0.1) is 5.92 Å². The molecule has 0 saturated heterocycles. The molecule has 1 aromatic rings. The summed E-state index contributed by atoms with van der Waals surface area (Å²) in [6, 6.07) is 0. The molecular formula is C13H20N2O3. The predicted molar refractivity (Wildman–Crippen MR) is 66.5 cm³/mol. The van der Waals surface area contributed by atoms with Gasteiger partial charge >= 0.3 is 5.97 Å². The fourth-order valence-electron chi connectivity index (χ4n) is 2.64. The summed E-state index contributed by atoms with van der Waals surface area (Å²) in [5.41, 5.74) is 0.130. The Kier molecular flexibility index (Phi) is 4.36. The topological polar surface area (TPSA) is 75.2 Å². The molecule has 18 heavy (non-hydrogen) atoms. The standard InChI is InChI=1S/C13H20N2O3/c1-2-18-11(9-6-4-3-5-7-9)12-14-8-10(15-12)13(16)17/h8-9,11H,2-7H2,1H3,(H,14,15)(H,16,17). The van der Waals surface area contributed by atoms with Crippen molar-refractivity contribution in [3.8, 4) is 0 Å². The van der Waals surface area contributed by atoms with E-state index in [9.17, 15) is 4.79 Å². The molecule has 1 aliphatic carbocycles. The Bertz CT molecular complexity index is 397. The van der Waals surface area contributed by atoms with Crippen LogP contribution in [-0.2, 0) is 4.74 Å². The summed E-state index contributed by atoms with van der Waals surface area (Å²) in [5, 5.41) is 8.91. The number of carboxylic acids is 1. The smallest absolute Gasteiger partial charge is 0.353 e. The molecule has 0 amide bonds. The second-order valence-corrected chi connectivity index (χ2v) is 4.76. The molecule has 1 aliphatic rings. The summed E-state index contributed by atoms with van der Waals surface area (Å²) < 4.78 is 5.77. The first-order chi connectivity index (χ1) is 8.72. The molecule has 100 valence electrons. The third-order valence-corrected chi connectivity index (χ3v) is 3.52. The Morgan fingerprint density at radius 2 is 2.28 bits per heavy atom. The zero-order chi connectivity index (χ0) is 13.0. The molecule has 1 saturated carbocycles. The maximum absolute atomic E-state index is 10.9. The van der Waals surface area contributed by atoms with E-state index in [0.717, 1.165) is 12.8 Å². The molecule has 0 bridgehead atoms. The van der Waals surface area contributed by atoms with Crippen LogP contribution in [0.5, 0.6) is 0 Å². The summed E-state index contributed by atoms with van der Waals surface area (Å²) in [7, 11) is 0. The zero-order valence-electron chi connectivity index (χ0n) is 10.7. The van der Waals surface area contributed by atoms with Gasteiger partial charge in [-0.1, -0.05) is 19.3 Å². The monoisotopic (exact) mass is 252 g/mol. The molecule has 0 aromatic carbocycles. The first kappa shape index (κ1) is 13.1. The quantitative estimate of drug-likeness (QED) is 0.845. The van der Waals surface area contributed by atoms with Gasteiger partial charge in [-0.25, -0.2) is 9.78 Å². The van der Waals surface area contributed by atoms with Crippen LogP contribution in [0.4, 0.5) is 0 Å². The number of ether oxygens (including phenoxy) is 1. The van der Waals surface area contributed by atoms with Crippen LogP contribution in [0.25, 0.3) is 0 Å². The molecule has 0 aliphatic heterocycles. The molecule has 1 unspecified atom stereocenters. The minimum Gasteiger partial charge on any atom is -0.477 e. The van der Waals surface area contributed by atoms with E-state index in [-0.39, 0.29) is 11.8 Å². The highest BCUT2D eigenvalue weighted by Gasteiger charge is 2.28. The number of nitrogens with zero attached hydrogens (tertiary/aromatic N) is 1. The van der Waals surface area contributed by atoms with Gasteiger partial charge in [0.1, 0.15) is 17.6 Å². The summed E-state index contributed by atoms with van der Waals surface area (Å²) in [5.74, 6) is 0.125. The lowest BCUT2D eigenvalue weighted by molar-refractivity contribution is 0.000274. The Labute approximate surface area is 107 Å². The van der Waals surface area contributed by atoms with E-state index < -0.39 is 5.97 Å². The first-order valence-corrected chi connectivity index (χ1v) is 6.62. The summed E-state index contributed by atoms with van der Waals surface area (Å²) in [4.78, 5) is 17.9. The highest BCUT2D eigenvalue weighted by atomic mass is 16.5. The van der Waals surface area contributed by atoms with Crippen molar-refractivity contribution in [2.24, 2.45) is 5.92 Å². The number of hydrogen-bond donors (Lipinski definition) is 2. The van der Waals surface area contributed by atoms with Crippen LogP contribution >= 0.6 is 0 Å². The number of nitrogens with one attached hydrogen (secondary N) is 1. The molecular weight excluding hydrogens is 232 g/mol. The van der Waals surface area contributed by atoms with Gasteiger partial charge in [-0.3, -0.25) is 0 Å². The molecule has 0 spiro atoms. The molecule has 2 rings (SSSR count). The number of aromatic carboxylic acids is 1. The maximum Gasteiger partial charge on any atom is 0.353 e. The fourth-order valence-corrected chi connectivity index (χ4v) is 2.64. The minimum absolute atomic E-state index is 0.0941. The number of rotatable bonds is 5. The Hall–Kier alpha value is -1.36. The van der Waals surface area contributed by atoms with E-state index in [2.05, 4.69) is 9.97 Å². The first-order valence-electron chi connectivity index (χ1n) is 6.62. The van der Waals surface area contributed by atoms with Crippen LogP contribution in [0.2, 0.25) is 0 Å². The second kappa shape index (κ2) is 6.00. The number of carbonyl (C=O) groups is 1. The molecule has 2 N–H and O–H groups in total. The lowest BCUT2D eigenvalue weighted by Crippen LogP contribution is -2.20. The fraction of sp³-hybridized carbons (Fsp3) is 0.692. The second-order valence-electron chi connectivity index (χ2n) is 4.76. The zero-order valence-corrected chi connectivity index (χ0v) is 10.7. The molecule has 1 aromatic heterocycles. The van der Waals surface area contributed by atoms with Crippen LogP contribution in [-0.4, -0.2) is 27.7 Å². The van der Waals surface area contributed by atoms with Crippen molar-refractivity contribution in [2.45, 2.75) is 45.1 Å². The van der Waals surface area contributed by atoms with Gasteiger partial charge in [0, 0.05) is 6.61 Å². The van der Waals surface area contributed by atoms with Crippen LogP contribution in [0.1, 0.15) is 61.4 Å². The lowest BCUT2D eigenvalue weighted by atomic mass is 9.85. The number of aromatic amines is 1. The van der Waals surface area contributed by atoms with Gasteiger partial charge in [-0.05, 0) is 25.7 Å². The molecule has 0 radical (unpaired) electrons. The van der Waals surface area contributed by atoms with Crippen molar-refractivity contribution in [1.82, 2.24) is 9.97 Å². The number of carboxylic acid groups (broad SMARTS) is 1. The van der Waals surface area contributed by atoms with Gasteiger partial charge in [0.15, 0.2) is 0 Å². The van der Waals surface area contributed by atoms with Crippen molar-refractivity contribution in [2.75, 3.05) is 6.61 Å². The molecule has 1 fully saturated rings. The van der Waals surface area contributed by atoms with Crippen molar-refractivity contribution in [3.63, 3.8) is 0 Å². The molecule has 1 atom stereocenters. The predicted octanol–water partition coefficient (Wildman–Crippen LogP) is 2.77. The van der Waals surface area contributed by atoms with Gasteiger partial charge in [-0.2, -0.15) is 0 Å². The van der Waals surface area contributed by atoms with Gasteiger partial charge < -0.3 is 14.8 Å². The van der Waals surface area contributed by atoms with Crippen molar-refractivity contribution in [1.29, 1.82) is 0 Å². The van der Waals surface area contributed by atoms with Crippen LogP contribution < -0.4 is 0 Å². The molecule has 1 heterocycles. The van der Waals surface area contributed by atoms with Gasteiger partial charge in [0.25, 0.3) is 0 Å². The Morgan fingerprint density at radius 3 is 2.83 bits per heavy atom. The van der Waals surface area contributed by atoms with E-state index in [1.54, 1.807) is 0 Å². The Morgan fingerprint density at radius 1 is 1.56 bits per heavy atom. The average Bonchev–Trinajstić information content (AvgIpc) is 2.86. The lowest BCUT2D eigenvalue weighted by Gasteiger charge is -2.28. The van der Waals surface area contributed by atoms with E-state index in [1.807, 2.05) is 6.92 Å². The SMILES string of the molecule is CCOC(c1ncc(C(=O)O)[nH]1)C1CCCCC1. The van der Waals surface area contributed by atoms with Gasteiger partial charge in [0.2, 0.25) is 0 Å². The summed E-state index contributed by atoms with van der Waals surface area (Å²) >= 11 is 0. The molecule has 5 heteroatoms.